The molecule has 0 radical (unpaired) electrons. The van der Waals surface area contributed by atoms with E-state index in [1.165, 1.54) is 10.5 Å². The van der Waals surface area contributed by atoms with Gasteiger partial charge in [-0.15, -0.1) is 0 Å². The average molecular weight is 300 g/mol. The summed E-state index contributed by atoms with van der Waals surface area (Å²) in [5.41, 5.74) is 2.71. The Morgan fingerprint density at radius 3 is 2.50 bits per heavy atom. The lowest BCUT2D eigenvalue weighted by Gasteiger charge is -2.25. The molecule has 1 rings (SSSR count). The van der Waals surface area contributed by atoms with Crippen molar-refractivity contribution in [2.45, 2.75) is 38.6 Å². The largest absolute Gasteiger partial charge is 0.321 e. The van der Waals surface area contributed by atoms with Crippen LogP contribution in [0.3, 0.4) is 0 Å². The van der Waals surface area contributed by atoms with Gasteiger partial charge in [0.2, 0.25) is 0 Å². The molecule has 20 heavy (non-hydrogen) atoms. The van der Waals surface area contributed by atoms with Gasteiger partial charge in [-0.3, -0.25) is 5.84 Å². The summed E-state index contributed by atoms with van der Waals surface area (Å²) in [6, 6.07) is 3.25. The molecule has 6 nitrogen and oxygen atoms in total. The van der Waals surface area contributed by atoms with Crippen LogP contribution in [0.25, 0.3) is 0 Å². The summed E-state index contributed by atoms with van der Waals surface area (Å²) in [6.07, 6.45) is 3.36. The van der Waals surface area contributed by atoms with Gasteiger partial charge in [0.05, 0.1) is 5.69 Å². The number of nitrogens with zero attached hydrogens (tertiary/aromatic N) is 2. The van der Waals surface area contributed by atoms with Crippen molar-refractivity contribution in [2.24, 2.45) is 11.8 Å². The fourth-order valence-corrected chi connectivity index (χ4v) is 3.65. The van der Waals surface area contributed by atoms with E-state index in [2.05, 4.69) is 24.3 Å². The van der Waals surface area contributed by atoms with E-state index < -0.39 is 10.0 Å². The van der Waals surface area contributed by atoms with E-state index in [-0.39, 0.29) is 5.03 Å². The lowest BCUT2D eigenvalue weighted by atomic mass is 10.0. The number of hydrogen-bond donors (Lipinski definition) is 2. The first-order valence-electron chi connectivity index (χ1n) is 6.92. The highest BCUT2D eigenvalue weighted by atomic mass is 32.2. The first-order chi connectivity index (χ1) is 9.51. The van der Waals surface area contributed by atoms with Crippen LogP contribution in [-0.2, 0) is 10.0 Å². The van der Waals surface area contributed by atoms with Crippen LogP contribution in [0.1, 0.15) is 33.6 Å². The molecule has 114 valence electrons. The smallest absolute Gasteiger partial charge is 0.262 e. The van der Waals surface area contributed by atoms with Crippen molar-refractivity contribution in [3.05, 3.63) is 18.3 Å². The number of rotatable bonds is 8. The zero-order valence-electron chi connectivity index (χ0n) is 12.3. The maximum atomic E-state index is 12.7. The number of anilines is 1. The normalized spacial score (nSPS) is 12.1. The molecule has 0 bridgehead atoms. The number of nitrogens with one attached hydrogen (secondary N) is 1. The molecular weight excluding hydrogens is 276 g/mol. The zero-order valence-corrected chi connectivity index (χ0v) is 13.2. The highest BCUT2D eigenvalue weighted by molar-refractivity contribution is 7.89. The summed E-state index contributed by atoms with van der Waals surface area (Å²) in [7, 11) is -3.63. The SMILES string of the molecule is CCC(CC)CN(CC)S(=O)(=O)c1ncccc1NN. The van der Waals surface area contributed by atoms with Crippen LogP contribution in [0.5, 0.6) is 0 Å². The molecule has 0 aliphatic rings. The number of sulfonamides is 1. The molecule has 0 saturated carbocycles. The molecule has 1 aromatic heterocycles. The van der Waals surface area contributed by atoms with Gasteiger partial charge in [-0.1, -0.05) is 33.6 Å². The quantitative estimate of drug-likeness (QED) is 0.564. The number of hydrazine groups is 1. The lowest BCUT2D eigenvalue weighted by molar-refractivity contribution is 0.338. The van der Waals surface area contributed by atoms with E-state index in [1.54, 1.807) is 12.1 Å². The Morgan fingerprint density at radius 1 is 1.35 bits per heavy atom. The van der Waals surface area contributed by atoms with E-state index in [0.29, 0.717) is 24.7 Å². The van der Waals surface area contributed by atoms with E-state index in [4.69, 9.17) is 5.84 Å². The Balaban J connectivity index is 3.12. The van der Waals surface area contributed by atoms with Crippen LogP contribution in [-0.4, -0.2) is 30.8 Å². The maximum absolute atomic E-state index is 12.7. The van der Waals surface area contributed by atoms with E-state index >= 15 is 0 Å². The summed E-state index contributed by atoms with van der Waals surface area (Å²) in [5, 5.41) is -0.0182. The second-order valence-corrected chi connectivity index (χ2v) is 6.49. The third-order valence-corrected chi connectivity index (χ3v) is 5.38. The lowest BCUT2D eigenvalue weighted by Crippen LogP contribution is -2.36. The van der Waals surface area contributed by atoms with Crippen molar-refractivity contribution >= 4 is 15.7 Å². The number of aromatic nitrogens is 1. The number of nitrogens with two attached hydrogens (primary N) is 1. The van der Waals surface area contributed by atoms with Crippen LogP contribution in [0, 0.1) is 5.92 Å². The van der Waals surface area contributed by atoms with Gasteiger partial charge in [0.25, 0.3) is 10.0 Å². The minimum Gasteiger partial charge on any atom is -0.321 e. The molecule has 7 heteroatoms. The van der Waals surface area contributed by atoms with Gasteiger partial charge in [0, 0.05) is 19.3 Å². The Kier molecular flexibility index (Phi) is 6.38. The van der Waals surface area contributed by atoms with Gasteiger partial charge >= 0.3 is 0 Å². The van der Waals surface area contributed by atoms with Gasteiger partial charge in [0.15, 0.2) is 5.03 Å². The molecular formula is C13H24N4O2S. The van der Waals surface area contributed by atoms with Gasteiger partial charge in [-0.05, 0) is 18.1 Å². The fourth-order valence-electron chi connectivity index (χ4n) is 2.06. The Hall–Kier alpha value is -1.18. The average Bonchev–Trinajstić information content (AvgIpc) is 2.48. The van der Waals surface area contributed by atoms with Crippen molar-refractivity contribution in [3.8, 4) is 0 Å². The van der Waals surface area contributed by atoms with Gasteiger partial charge < -0.3 is 5.43 Å². The van der Waals surface area contributed by atoms with Gasteiger partial charge in [0.1, 0.15) is 0 Å². The van der Waals surface area contributed by atoms with Crippen molar-refractivity contribution in [2.75, 3.05) is 18.5 Å². The molecule has 1 heterocycles. The molecule has 0 atom stereocenters. The van der Waals surface area contributed by atoms with Crippen LogP contribution in [0.15, 0.2) is 23.4 Å². The second kappa shape index (κ2) is 7.56. The summed E-state index contributed by atoms with van der Waals surface area (Å²) >= 11 is 0. The van der Waals surface area contributed by atoms with Crippen LogP contribution >= 0.6 is 0 Å². The maximum Gasteiger partial charge on any atom is 0.262 e. The summed E-state index contributed by atoms with van der Waals surface area (Å²) < 4.78 is 26.8. The third-order valence-electron chi connectivity index (χ3n) is 3.48. The monoisotopic (exact) mass is 300 g/mol. The minimum absolute atomic E-state index is 0.0182. The predicted octanol–water partition coefficient (Wildman–Crippen LogP) is 1.81. The van der Waals surface area contributed by atoms with Crippen LogP contribution in [0.2, 0.25) is 0 Å². The fraction of sp³-hybridized carbons (Fsp3) is 0.615. The molecule has 0 saturated heterocycles. The van der Waals surface area contributed by atoms with Gasteiger partial charge in [-0.2, -0.15) is 4.31 Å². The van der Waals surface area contributed by atoms with E-state index in [1.807, 2.05) is 6.92 Å². The molecule has 0 amide bonds. The molecule has 0 aromatic carbocycles. The molecule has 0 unspecified atom stereocenters. The Bertz CT molecular complexity index is 515. The summed E-state index contributed by atoms with van der Waals surface area (Å²) in [5.74, 6) is 5.72. The molecule has 1 aromatic rings. The molecule has 3 N–H and O–H groups in total. The van der Waals surface area contributed by atoms with Crippen molar-refractivity contribution < 1.29 is 8.42 Å². The Morgan fingerprint density at radius 2 is 2.00 bits per heavy atom. The van der Waals surface area contributed by atoms with Gasteiger partial charge in [-0.25, -0.2) is 13.4 Å². The zero-order chi connectivity index (χ0) is 15.2. The first kappa shape index (κ1) is 16.9. The first-order valence-corrected chi connectivity index (χ1v) is 8.36. The molecule has 0 fully saturated rings. The molecule has 0 aliphatic carbocycles. The van der Waals surface area contributed by atoms with Crippen molar-refractivity contribution in [1.29, 1.82) is 0 Å². The number of pyridine rings is 1. The third kappa shape index (κ3) is 3.68. The number of nitrogen functional groups attached to an aromatic ring is 1. The highest BCUT2D eigenvalue weighted by Crippen LogP contribution is 2.23. The second-order valence-electron chi connectivity index (χ2n) is 4.64. The summed E-state index contributed by atoms with van der Waals surface area (Å²) in [4.78, 5) is 3.98. The minimum atomic E-state index is -3.63. The standard InChI is InChI=1S/C13H24N4O2S/c1-4-11(5-2)10-17(6-3)20(18,19)13-12(16-14)8-7-9-15-13/h7-9,11,16H,4-6,10,14H2,1-3H3. The Labute approximate surface area is 121 Å². The topological polar surface area (TPSA) is 88.3 Å². The van der Waals surface area contributed by atoms with Crippen molar-refractivity contribution in [1.82, 2.24) is 9.29 Å². The van der Waals surface area contributed by atoms with Crippen LogP contribution in [0.4, 0.5) is 5.69 Å². The highest BCUT2D eigenvalue weighted by Gasteiger charge is 2.28. The number of hydrogen-bond acceptors (Lipinski definition) is 5. The summed E-state index contributed by atoms with van der Waals surface area (Å²) in [6.45, 7) is 6.90. The van der Waals surface area contributed by atoms with Crippen LogP contribution < -0.4 is 11.3 Å². The van der Waals surface area contributed by atoms with Crippen molar-refractivity contribution in [3.63, 3.8) is 0 Å². The molecule has 0 spiro atoms. The predicted molar refractivity (Wildman–Crippen MR) is 80.6 cm³/mol. The molecule has 0 aliphatic heterocycles. The van der Waals surface area contributed by atoms with E-state index in [0.717, 1.165) is 12.8 Å². The van der Waals surface area contributed by atoms with E-state index in [9.17, 15) is 8.42 Å².